The Morgan fingerprint density at radius 3 is 2.72 bits per heavy atom. The van der Waals surface area contributed by atoms with Gasteiger partial charge in [0.25, 0.3) is 11.8 Å². The minimum atomic E-state index is -0.193. The molecule has 1 fully saturated rings. The van der Waals surface area contributed by atoms with E-state index in [4.69, 9.17) is 13.9 Å². The highest BCUT2D eigenvalue weighted by Crippen LogP contribution is 2.28. The molecule has 2 heterocycles. The van der Waals surface area contributed by atoms with E-state index in [1.54, 1.807) is 24.1 Å². The van der Waals surface area contributed by atoms with Crippen LogP contribution in [-0.2, 0) is 11.2 Å². The quantitative estimate of drug-likeness (QED) is 0.692. The standard InChI is InChI=1S/C22H26N2O5/c1-3-4-16-5-6-19(20(13-16)27-2)29-15-21(25)23-18-7-10-24(11-8-18)22(26)17-9-12-28-14-17/h3,5-6,9,12-14,18H,1,4,7-8,10-11,15H2,2H3,(H,23,25). The minimum absolute atomic E-state index is 0.0244. The molecule has 154 valence electrons. The summed E-state index contributed by atoms with van der Waals surface area (Å²) in [5, 5.41) is 2.98. The van der Waals surface area contributed by atoms with Gasteiger partial charge in [-0.3, -0.25) is 9.59 Å². The number of carbonyl (C=O) groups is 2. The van der Waals surface area contributed by atoms with Crippen molar-refractivity contribution in [2.75, 3.05) is 26.8 Å². The molecular formula is C22H26N2O5. The van der Waals surface area contributed by atoms with Gasteiger partial charge in [0.05, 0.1) is 18.9 Å². The Morgan fingerprint density at radius 2 is 2.07 bits per heavy atom. The first kappa shape index (κ1) is 20.5. The molecule has 3 rings (SSSR count). The van der Waals surface area contributed by atoms with E-state index in [1.165, 1.54) is 12.5 Å². The van der Waals surface area contributed by atoms with E-state index < -0.39 is 0 Å². The number of furan rings is 1. The van der Waals surface area contributed by atoms with Crippen LogP contribution in [0.15, 0.2) is 53.9 Å². The molecule has 0 bridgehead atoms. The molecule has 1 saturated heterocycles. The van der Waals surface area contributed by atoms with Crippen LogP contribution in [-0.4, -0.2) is 49.6 Å². The zero-order valence-corrected chi connectivity index (χ0v) is 16.6. The molecule has 7 heteroatoms. The number of rotatable bonds is 8. The van der Waals surface area contributed by atoms with Gasteiger partial charge in [-0.05, 0) is 43.0 Å². The first-order chi connectivity index (χ1) is 14.1. The second kappa shape index (κ2) is 9.82. The van der Waals surface area contributed by atoms with Crippen molar-refractivity contribution in [2.24, 2.45) is 0 Å². The van der Waals surface area contributed by atoms with E-state index >= 15 is 0 Å². The van der Waals surface area contributed by atoms with Crippen molar-refractivity contribution in [3.05, 3.63) is 60.6 Å². The predicted octanol–water partition coefficient (Wildman–Crippen LogP) is 2.82. The van der Waals surface area contributed by atoms with E-state index in [0.717, 1.165) is 12.0 Å². The summed E-state index contributed by atoms with van der Waals surface area (Å²) in [6.45, 7) is 4.82. The maximum Gasteiger partial charge on any atom is 0.258 e. The van der Waals surface area contributed by atoms with Crippen molar-refractivity contribution in [3.8, 4) is 11.5 Å². The lowest BCUT2D eigenvalue weighted by atomic mass is 10.0. The van der Waals surface area contributed by atoms with E-state index in [-0.39, 0.29) is 24.5 Å². The number of likely N-dealkylation sites (tertiary alicyclic amines) is 1. The maximum atomic E-state index is 12.3. The zero-order chi connectivity index (χ0) is 20.6. The van der Waals surface area contributed by atoms with Crippen LogP contribution in [0.1, 0.15) is 28.8 Å². The lowest BCUT2D eigenvalue weighted by Crippen LogP contribution is -2.47. The number of nitrogens with zero attached hydrogens (tertiary/aromatic N) is 1. The lowest BCUT2D eigenvalue weighted by molar-refractivity contribution is -0.124. The van der Waals surface area contributed by atoms with E-state index in [2.05, 4.69) is 11.9 Å². The van der Waals surface area contributed by atoms with Crippen LogP contribution in [0.4, 0.5) is 0 Å². The zero-order valence-electron chi connectivity index (χ0n) is 16.6. The summed E-state index contributed by atoms with van der Waals surface area (Å²) in [6, 6.07) is 7.28. The Morgan fingerprint density at radius 1 is 1.28 bits per heavy atom. The van der Waals surface area contributed by atoms with Crippen LogP contribution in [0.3, 0.4) is 0 Å². The van der Waals surface area contributed by atoms with E-state index in [9.17, 15) is 9.59 Å². The summed E-state index contributed by atoms with van der Waals surface area (Å²) in [5.74, 6) is 0.875. The number of piperidine rings is 1. The normalized spacial score (nSPS) is 14.3. The molecule has 1 aliphatic heterocycles. The average molecular weight is 398 g/mol. The van der Waals surface area contributed by atoms with Crippen LogP contribution in [0.2, 0.25) is 0 Å². The summed E-state index contributed by atoms with van der Waals surface area (Å²) in [4.78, 5) is 26.4. The van der Waals surface area contributed by atoms with Gasteiger partial charge < -0.3 is 24.1 Å². The molecule has 29 heavy (non-hydrogen) atoms. The van der Waals surface area contributed by atoms with Gasteiger partial charge in [0.1, 0.15) is 6.26 Å². The van der Waals surface area contributed by atoms with Gasteiger partial charge in [0.2, 0.25) is 0 Å². The minimum Gasteiger partial charge on any atom is -0.493 e. The highest BCUT2D eigenvalue weighted by Gasteiger charge is 2.25. The number of hydrogen-bond donors (Lipinski definition) is 1. The fourth-order valence-corrected chi connectivity index (χ4v) is 3.33. The Balaban J connectivity index is 1.45. The van der Waals surface area contributed by atoms with E-state index in [1.807, 2.05) is 18.2 Å². The Hall–Kier alpha value is -3.22. The Bertz CT molecular complexity index is 839. The van der Waals surface area contributed by atoms with Crippen molar-refractivity contribution >= 4 is 11.8 Å². The second-order valence-electron chi connectivity index (χ2n) is 6.91. The summed E-state index contributed by atoms with van der Waals surface area (Å²) >= 11 is 0. The van der Waals surface area contributed by atoms with Crippen LogP contribution in [0, 0.1) is 0 Å². The number of ether oxygens (including phenoxy) is 2. The molecule has 2 amide bonds. The number of hydrogen-bond acceptors (Lipinski definition) is 5. The van der Waals surface area contributed by atoms with Crippen LogP contribution in [0.5, 0.6) is 11.5 Å². The van der Waals surface area contributed by atoms with Crippen molar-refractivity contribution in [2.45, 2.75) is 25.3 Å². The van der Waals surface area contributed by atoms with Gasteiger partial charge in [-0.25, -0.2) is 0 Å². The third kappa shape index (κ3) is 5.40. The summed E-state index contributed by atoms with van der Waals surface area (Å²) in [7, 11) is 1.57. The first-order valence-corrected chi connectivity index (χ1v) is 9.62. The number of methoxy groups -OCH3 is 1. The van der Waals surface area contributed by atoms with Crippen molar-refractivity contribution in [1.82, 2.24) is 10.2 Å². The third-order valence-electron chi connectivity index (χ3n) is 4.88. The van der Waals surface area contributed by atoms with Gasteiger partial charge >= 0.3 is 0 Å². The van der Waals surface area contributed by atoms with Crippen LogP contribution >= 0.6 is 0 Å². The summed E-state index contributed by atoms with van der Waals surface area (Å²) in [6.07, 6.45) is 6.90. The Kier molecular flexibility index (Phi) is 6.94. The highest BCUT2D eigenvalue weighted by atomic mass is 16.5. The molecule has 1 aromatic carbocycles. The molecule has 0 saturated carbocycles. The molecular weight excluding hydrogens is 372 g/mol. The topological polar surface area (TPSA) is 81.0 Å². The molecule has 7 nitrogen and oxygen atoms in total. The SMILES string of the molecule is C=CCc1ccc(OCC(=O)NC2CCN(C(=O)c3ccoc3)CC2)c(OC)c1. The van der Waals surface area contributed by atoms with Crippen LogP contribution < -0.4 is 14.8 Å². The van der Waals surface area contributed by atoms with Gasteiger partial charge in [-0.15, -0.1) is 6.58 Å². The van der Waals surface area contributed by atoms with E-state index in [0.29, 0.717) is 43.0 Å². The molecule has 2 aromatic rings. The predicted molar refractivity (Wildman–Crippen MR) is 108 cm³/mol. The fraction of sp³-hybridized carbons (Fsp3) is 0.364. The molecule has 0 atom stereocenters. The molecule has 0 radical (unpaired) electrons. The smallest absolute Gasteiger partial charge is 0.258 e. The molecule has 0 unspecified atom stereocenters. The van der Waals surface area contributed by atoms with Gasteiger partial charge in [-0.1, -0.05) is 12.1 Å². The first-order valence-electron chi connectivity index (χ1n) is 9.62. The van der Waals surface area contributed by atoms with Crippen molar-refractivity contribution in [3.63, 3.8) is 0 Å². The van der Waals surface area contributed by atoms with Gasteiger partial charge in [-0.2, -0.15) is 0 Å². The highest BCUT2D eigenvalue weighted by molar-refractivity contribution is 5.93. The van der Waals surface area contributed by atoms with Gasteiger partial charge in [0, 0.05) is 19.1 Å². The number of amides is 2. The molecule has 0 aliphatic carbocycles. The largest absolute Gasteiger partial charge is 0.493 e. The Labute approximate surface area is 170 Å². The number of nitrogens with one attached hydrogen (secondary N) is 1. The number of benzene rings is 1. The van der Waals surface area contributed by atoms with Crippen molar-refractivity contribution in [1.29, 1.82) is 0 Å². The lowest BCUT2D eigenvalue weighted by Gasteiger charge is -2.32. The average Bonchev–Trinajstić information content (AvgIpc) is 3.28. The monoisotopic (exact) mass is 398 g/mol. The molecule has 0 spiro atoms. The molecule has 1 aliphatic rings. The van der Waals surface area contributed by atoms with Gasteiger partial charge in [0.15, 0.2) is 18.1 Å². The van der Waals surface area contributed by atoms with Crippen molar-refractivity contribution < 1.29 is 23.5 Å². The summed E-state index contributed by atoms with van der Waals surface area (Å²) in [5.41, 5.74) is 1.61. The summed E-state index contributed by atoms with van der Waals surface area (Å²) < 4.78 is 15.9. The third-order valence-corrected chi connectivity index (χ3v) is 4.88. The molecule has 1 N–H and O–H groups in total. The fourth-order valence-electron chi connectivity index (χ4n) is 3.33. The van der Waals surface area contributed by atoms with Crippen LogP contribution in [0.25, 0.3) is 0 Å². The number of carbonyl (C=O) groups excluding carboxylic acids is 2. The maximum absolute atomic E-state index is 12.3. The number of allylic oxidation sites excluding steroid dienone is 1. The second-order valence-corrected chi connectivity index (χ2v) is 6.91. The molecule has 1 aromatic heterocycles.